The van der Waals surface area contributed by atoms with Gasteiger partial charge in [0.25, 0.3) is 0 Å². The number of hydrogen-bond donors (Lipinski definition) is 1. The largest absolute Gasteiger partial charge is 0.453 e. The normalized spacial score (nSPS) is 11.9. The van der Waals surface area contributed by atoms with E-state index in [0.29, 0.717) is 6.54 Å². The lowest BCUT2D eigenvalue weighted by Crippen LogP contribution is -2.28. The molecule has 0 unspecified atom stereocenters. The molecule has 1 aromatic carbocycles. The number of rotatable bonds is 4. The summed E-state index contributed by atoms with van der Waals surface area (Å²) in [7, 11) is 3.27. The van der Waals surface area contributed by atoms with Crippen LogP contribution in [0.1, 0.15) is 22.7 Å². The van der Waals surface area contributed by atoms with Gasteiger partial charge in [0.1, 0.15) is 0 Å². The molecule has 2 rings (SSSR count). The van der Waals surface area contributed by atoms with Crippen molar-refractivity contribution >= 4 is 6.09 Å². The first-order valence-electron chi connectivity index (χ1n) is 6.48. The summed E-state index contributed by atoms with van der Waals surface area (Å²) >= 11 is 0. The zero-order valence-corrected chi connectivity index (χ0v) is 12.0. The Kier molecular flexibility index (Phi) is 4.40. The minimum Gasteiger partial charge on any atom is -0.453 e. The van der Waals surface area contributed by atoms with Gasteiger partial charge in [0, 0.05) is 30.8 Å². The number of nitrogens with zero attached hydrogens (tertiary/aromatic N) is 2. The van der Waals surface area contributed by atoms with E-state index in [1.807, 2.05) is 43.0 Å². The van der Waals surface area contributed by atoms with E-state index in [1.165, 1.54) is 7.11 Å². The van der Waals surface area contributed by atoms with Crippen molar-refractivity contribution in [1.82, 2.24) is 15.1 Å². The van der Waals surface area contributed by atoms with Crippen LogP contribution in [0.15, 0.2) is 36.5 Å². The molecule has 0 radical (unpaired) electrons. The Morgan fingerprint density at radius 2 is 2.10 bits per heavy atom. The maximum Gasteiger partial charge on any atom is 0.406 e. The molecule has 0 fully saturated rings. The Labute approximate surface area is 118 Å². The minimum absolute atomic E-state index is 0.0593. The second-order valence-electron chi connectivity index (χ2n) is 4.64. The number of benzene rings is 1. The average molecular weight is 273 g/mol. The molecule has 0 spiro atoms. The van der Waals surface area contributed by atoms with Gasteiger partial charge >= 0.3 is 6.09 Å². The van der Waals surface area contributed by atoms with Crippen LogP contribution in [0.3, 0.4) is 0 Å². The molecule has 0 bridgehead atoms. The summed E-state index contributed by atoms with van der Waals surface area (Å²) in [6.45, 7) is 2.50. The van der Waals surface area contributed by atoms with Gasteiger partial charge in [-0.15, -0.1) is 0 Å². The van der Waals surface area contributed by atoms with Crippen LogP contribution < -0.4 is 5.32 Å². The molecule has 1 aromatic heterocycles. The molecule has 5 nitrogen and oxygen atoms in total. The van der Waals surface area contributed by atoms with E-state index >= 15 is 0 Å². The Morgan fingerprint density at radius 1 is 1.40 bits per heavy atom. The van der Waals surface area contributed by atoms with Crippen LogP contribution in [0.25, 0.3) is 0 Å². The quantitative estimate of drug-likeness (QED) is 0.929. The monoisotopic (exact) mass is 273 g/mol. The van der Waals surface area contributed by atoms with Crippen LogP contribution in [0.5, 0.6) is 0 Å². The SMILES string of the molecule is COC(=O)NC[C@H](c1ccccc1)c1cnn(C)c1C. The number of aryl methyl sites for hydroxylation is 1. The van der Waals surface area contributed by atoms with Crippen molar-refractivity contribution in [1.29, 1.82) is 0 Å². The molecule has 0 aliphatic heterocycles. The summed E-state index contributed by atoms with van der Waals surface area (Å²) in [5.74, 6) is 0.0593. The summed E-state index contributed by atoms with van der Waals surface area (Å²) in [6.07, 6.45) is 1.43. The van der Waals surface area contributed by atoms with E-state index in [9.17, 15) is 4.79 Å². The Morgan fingerprint density at radius 3 is 2.65 bits per heavy atom. The van der Waals surface area contributed by atoms with Crippen molar-refractivity contribution in [3.63, 3.8) is 0 Å². The second kappa shape index (κ2) is 6.23. The smallest absolute Gasteiger partial charge is 0.406 e. The van der Waals surface area contributed by atoms with Crippen molar-refractivity contribution < 1.29 is 9.53 Å². The Balaban J connectivity index is 2.29. The third-order valence-electron chi connectivity index (χ3n) is 3.49. The molecular formula is C15H19N3O2. The van der Waals surface area contributed by atoms with Crippen LogP contribution in [-0.4, -0.2) is 29.5 Å². The summed E-state index contributed by atoms with van der Waals surface area (Å²) in [5.41, 5.74) is 3.33. The lowest BCUT2D eigenvalue weighted by molar-refractivity contribution is 0.170. The number of hydrogen-bond acceptors (Lipinski definition) is 3. The summed E-state index contributed by atoms with van der Waals surface area (Å²) < 4.78 is 6.47. The maximum atomic E-state index is 11.3. The van der Waals surface area contributed by atoms with Gasteiger partial charge in [0.2, 0.25) is 0 Å². The molecule has 0 aliphatic carbocycles. The van der Waals surface area contributed by atoms with Gasteiger partial charge in [0.15, 0.2) is 0 Å². The fourth-order valence-corrected chi connectivity index (χ4v) is 2.21. The van der Waals surface area contributed by atoms with Gasteiger partial charge in [0.05, 0.1) is 13.3 Å². The van der Waals surface area contributed by atoms with E-state index in [1.54, 1.807) is 0 Å². The Hall–Kier alpha value is -2.30. The number of ether oxygens (including phenoxy) is 1. The molecule has 0 aliphatic rings. The molecule has 0 saturated heterocycles. The van der Waals surface area contributed by atoms with Crippen molar-refractivity contribution in [2.45, 2.75) is 12.8 Å². The molecule has 0 saturated carbocycles. The first-order valence-corrected chi connectivity index (χ1v) is 6.48. The number of methoxy groups -OCH3 is 1. The predicted octanol–water partition coefficient (Wildman–Crippen LogP) is 2.22. The lowest BCUT2D eigenvalue weighted by Gasteiger charge is -2.17. The second-order valence-corrected chi connectivity index (χ2v) is 4.64. The maximum absolute atomic E-state index is 11.3. The molecule has 106 valence electrons. The number of alkyl carbamates (subject to hydrolysis) is 1. The van der Waals surface area contributed by atoms with Crippen LogP contribution >= 0.6 is 0 Å². The molecule has 2 aromatic rings. The van der Waals surface area contributed by atoms with Crippen LogP contribution in [0.2, 0.25) is 0 Å². The van der Waals surface area contributed by atoms with Gasteiger partial charge in [-0.05, 0) is 12.5 Å². The molecule has 1 atom stereocenters. The molecule has 20 heavy (non-hydrogen) atoms. The number of carbonyl (C=O) groups is 1. The van der Waals surface area contributed by atoms with Crippen LogP contribution in [0, 0.1) is 6.92 Å². The van der Waals surface area contributed by atoms with Gasteiger partial charge in [-0.25, -0.2) is 4.79 Å². The van der Waals surface area contributed by atoms with Crippen LogP contribution in [-0.2, 0) is 11.8 Å². The molecule has 1 N–H and O–H groups in total. The van der Waals surface area contributed by atoms with Gasteiger partial charge in [-0.2, -0.15) is 5.10 Å². The molecule has 1 amide bonds. The molecule has 1 heterocycles. The molecule has 5 heteroatoms. The average Bonchev–Trinajstić information content (AvgIpc) is 2.81. The Bertz CT molecular complexity index is 578. The predicted molar refractivity (Wildman–Crippen MR) is 76.6 cm³/mol. The number of nitrogens with one attached hydrogen (secondary N) is 1. The number of aromatic nitrogens is 2. The van der Waals surface area contributed by atoms with Gasteiger partial charge < -0.3 is 10.1 Å². The minimum atomic E-state index is -0.424. The third kappa shape index (κ3) is 2.99. The van der Waals surface area contributed by atoms with Crippen LogP contribution in [0.4, 0.5) is 4.79 Å². The third-order valence-corrected chi connectivity index (χ3v) is 3.49. The van der Waals surface area contributed by atoms with E-state index in [0.717, 1.165) is 16.8 Å². The van der Waals surface area contributed by atoms with Crippen molar-refractivity contribution in [2.75, 3.05) is 13.7 Å². The fraction of sp³-hybridized carbons (Fsp3) is 0.333. The highest BCUT2D eigenvalue weighted by molar-refractivity contribution is 5.67. The van der Waals surface area contributed by atoms with Crippen molar-refractivity contribution in [3.05, 3.63) is 53.3 Å². The first kappa shape index (κ1) is 14.1. The molecular weight excluding hydrogens is 254 g/mol. The van der Waals surface area contributed by atoms with Crippen molar-refractivity contribution in [2.24, 2.45) is 7.05 Å². The lowest BCUT2D eigenvalue weighted by atomic mass is 9.92. The van der Waals surface area contributed by atoms with Crippen molar-refractivity contribution in [3.8, 4) is 0 Å². The zero-order chi connectivity index (χ0) is 14.5. The first-order chi connectivity index (χ1) is 9.63. The topological polar surface area (TPSA) is 56.1 Å². The van der Waals surface area contributed by atoms with E-state index in [2.05, 4.69) is 27.3 Å². The number of amides is 1. The summed E-state index contributed by atoms with van der Waals surface area (Å²) in [4.78, 5) is 11.3. The van der Waals surface area contributed by atoms with Gasteiger partial charge in [-0.1, -0.05) is 30.3 Å². The van der Waals surface area contributed by atoms with E-state index in [-0.39, 0.29) is 5.92 Å². The van der Waals surface area contributed by atoms with Gasteiger partial charge in [-0.3, -0.25) is 4.68 Å². The summed E-state index contributed by atoms with van der Waals surface area (Å²) in [5, 5.41) is 7.05. The number of carbonyl (C=O) groups excluding carboxylic acids is 1. The summed E-state index contributed by atoms with van der Waals surface area (Å²) in [6, 6.07) is 10.1. The highest BCUT2D eigenvalue weighted by atomic mass is 16.5. The highest BCUT2D eigenvalue weighted by Crippen LogP contribution is 2.26. The fourth-order valence-electron chi connectivity index (χ4n) is 2.21. The highest BCUT2D eigenvalue weighted by Gasteiger charge is 2.19. The standard InChI is InChI=1S/C15H19N3O2/c1-11-13(10-17-18(11)2)14(9-16-15(19)20-3)12-7-5-4-6-8-12/h4-8,10,14H,9H2,1-3H3,(H,16,19)/t14-/m1/s1. The zero-order valence-electron chi connectivity index (χ0n) is 12.0. The van der Waals surface area contributed by atoms with E-state index in [4.69, 9.17) is 0 Å². The van der Waals surface area contributed by atoms with E-state index < -0.39 is 6.09 Å².